The average molecular weight is 259 g/mol. The van der Waals surface area contributed by atoms with E-state index in [1.165, 1.54) is 5.56 Å². The minimum atomic E-state index is 0.0551. The molecule has 2 rings (SSSR count). The second kappa shape index (κ2) is 7.07. The summed E-state index contributed by atoms with van der Waals surface area (Å²) in [5.74, 6) is 0.0551. The topological polar surface area (TPSA) is 49.6 Å². The first-order chi connectivity index (χ1) is 9.29. The summed E-state index contributed by atoms with van der Waals surface area (Å²) in [7, 11) is 0. The molecule has 0 unspecified atom stereocenters. The summed E-state index contributed by atoms with van der Waals surface area (Å²) in [6.45, 7) is 4.47. The molecule has 0 aliphatic carbocycles. The lowest BCUT2D eigenvalue weighted by molar-refractivity contribution is -0.131. The van der Waals surface area contributed by atoms with E-state index < -0.39 is 0 Å². The lowest BCUT2D eigenvalue weighted by Gasteiger charge is -2.33. The number of piperazine rings is 1. The molecule has 1 aliphatic rings. The summed E-state index contributed by atoms with van der Waals surface area (Å²) in [5, 5.41) is 0. The Hall–Kier alpha value is -1.65. The van der Waals surface area contributed by atoms with E-state index in [0.717, 1.165) is 32.7 Å². The average Bonchev–Trinajstić information content (AvgIpc) is 2.48. The number of amides is 1. The van der Waals surface area contributed by atoms with Crippen LogP contribution >= 0.6 is 0 Å². The van der Waals surface area contributed by atoms with Gasteiger partial charge in [-0.3, -0.25) is 9.69 Å². The highest BCUT2D eigenvalue weighted by atomic mass is 16.2. The van der Waals surface area contributed by atoms with Gasteiger partial charge in [0.15, 0.2) is 0 Å². The Balaban J connectivity index is 1.74. The molecule has 0 bridgehead atoms. The molecule has 2 N–H and O–H groups in total. The van der Waals surface area contributed by atoms with E-state index in [-0.39, 0.29) is 12.5 Å². The molecular weight excluding hydrogens is 238 g/mol. The van der Waals surface area contributed by atoms with E-state index in [2.05, 4.69) is 29.2 Å². The van der Waals surface area contributed by atoms with Crippen molar-refractivity contribution in [1.82, 2.24) is 9.80 Å². The van der Waals surface area contributed by atoms with Crippen LogP contribution in [-0.4, -0.2) is 55.0 Å². The third-order valence-electron chi connectivity index (χ3n) is 3.37. The van der Waals surface area contributed by atoms with Crippen molar-refractivity contribution in [3.8, 4) is 0 Å². The van der Waals surface area contributed by atoms with Gasteiger partial charge in [-0.1, -0.05) is 42.5 Å². The van der Waals surface area contributed by atoms with E-state index in [1.54, 1.807) is 0 Å². The number of benzene rings is 1. The molecule has 0 spiro atoms. The van der Waals surface area contributed by atoms with Gasteiger partial charge in [0, 0.05) is 32.7 Å². The number of carbonyl (C=O) groups is 1. The molecule has 19 heavy (non-hydrogen) atoms. The van der Waals surface area contributed by atoms with Crippen molar-refractivity contribution in [3.63, 3.8) is 0 Å². The summed E-state index contributed by atoms with van der Waals surface area (Å²) in [5.41, 5.74) is 6.59. The molecule has 1 heterocycles. The van der Waals surface area contributed by atoms with Crippen LogP contribution in [0.4, 0.5) is 0 Å². The van der Waals surface area contributed by atoms with Crippen molar-refractivity contribution in [2.75, 3.05) is 39.3 Å². The minimum absolute atomic E-state index is 0.0551. The normalized spacial score (nSPS) is 17.0. The fraction of sp³-hybridized carbons (Fsp3) is 0.400. The zero-order valence-electron chi connectivity index (χ0n) is 11.2. The minimum Gasteiger partial charge on any atom is -0.339 e. The van der Waals surface area contributed by atoms with Crippen molar-refractivity contribution in [2.45, 2.75) is 0 Å². The molecule has 1 aromatic carbocycles. The first-order valence-corrected chi connectivity index (χ1v) is 6.71. The molecular formula is C15H21N3O. The van der Waals surface area contributed by atoms with Crippen LogP contribution in [-0.2, 0) is 4.79 Å². The smallest absolute Gasteiger partial charge is 0.236 e. The van der Waals surface area contributed by atoms with Gasteiger partial charge < -0.3 is 10.6 Å². The predicted octanol–water partition coefficient (Wildman–Crippen LogP) is 0.803. The Morgan fingerprint density at radius 1 is 1.16 bits per heavy atom. The van der Waals surface area contributed by atoms with Gasteiger partial charge >= 0.3 is 0 Å². The van der Waals surface area contributed by atoms with Gasteiger partial charge in [0.1, 0.15) is 0 Å². The highest BCUT2D eigenvalue weighted by molar-refractivity contribution is 5.78. The van der Waals surface area contributed by atoms with E-state index in [9.17, 15) is 4.79 Å². The molecule has 1 amide bonds. The molecule has 4 heteroatoms. The van der Waals surface area contributed by atoms with Gasteiger partial charge in [0.2, 0.25) is 5.91 Å². The largest absolute Gasteiger partial charge is 0.339 e. The Kier molecular flexibility index (Phi) is 5.12. The number of hydrogen-bond acceptors (Lipinski definition) is 3. The van der Waals surface area contributed by atoms with Crippen LogP contribution in [0, 0.1) is 0 Å². The number of hydrogen-bond donors (Lipinski definition) is 1. The quantitative estimate of drug-likeness (QED) is 0.870. The first kappa shape index (κ1) is 13.8. The highest BCUT2D eigenvalue weighted by Crippen LogP contribution is 2.04. The summed E-state index contributed by atoms with van der Waals surface area (Å²) in [6, 6.07) is 10.3. The standard InChI is InChI=1S/C15H21N3O/c16-13-15(19)18-11-9-17(10-12-18)8-4-7-14-5-2-1-3-6-14/h1-7H,8-13,16H2/b7-4+. The fourth-order valence-electron chi connectivity index (χ4n) is 2.21. The highest BCUT2D eigenvalue weighted by Gasteiger charge is 2.18. The lowest BCUT2D eigenvalue weighted by Crippen LogP contribution is -2.50. The molecule has 1 fully saturated rings. The van der Waals surface area contributed by atoms with Crippen LogP contribution in [0.5, 0.6) is 0 Å². The Bertz CT molecular complexity index is 422. The molecule has 0 atom stereocenters. The molecule has 102 valence electrons. The van der Waals surface area contributed by atoms with Crippen molar-refractivity contribution >= 4 is 12.0 Å². The third-order valence-corrected chi connectivity index (χ3v) is 3.37. The van der Waals surface area contributed by atoms with Gasteiger partial charge in [0.25, 0.3) is 0 Å². The summed E-state index contributed by atoms with van der Waals surface area (Å²) in [4.78, 5) is 15.6. The molecule has 1 aromatic rings. The van der Waals surface area contributed by atoms with Gasteiger partial charge in [-0.15, -0.1) is 0 Å². The Morgan fingerprint density at radius 3 is 2.47 bits per heavy atom. The molecule has 0 aromatic heterocycles. The van der Waals surface area contributed by atoms with Crippen LogP contribution in [0.1, 0.15) is 5.56 Å². The van der Waals surface area contributed by atoms with Gasteiger partial charge in [-0.05, 0) is 5.56 Å². The van der Waals surface area contributed by atoms with E-state index in [1.807, 2.05) is 23.1 Å². The monoisotopic (exact) mass is 259 g/mol. The molecule has 0 radical (unpaired) electrons. The zero-order chi connectivity index (χ0) is 13.5. The molecule has 1 aliphatic heterocycles. The maximum atomic E-state index is 11.4. The van der Waals surface area contributed by atoms with Crippen molar-refractivity contribution in [1.29, 1.82) is 0 Å². The zero-order valence-corrected chi connectivity index (χ0v) is 11.2. The SMILES string of the molecule is NCC(=O)N1CCN(C/C=C/c2ccccc2)CC1. The van der Waals surface area contributed by atoms with Gasteiger partial charge in [-0.25, -0.2) is 0 Å². The van der Waals surface area contributed by atoms with Crippen molar-refractivity contribution < 1.29 is 4.79 Å². The number of carbonyl (C=O) groups excluding carboxylic acids is 1. The summed E-state index contributed by atoms with van der Waals surface area (Å²) >= 11 is 0. The first-order valence-electron chi connectivity index (χ1n) is 6.71. The number of rotatable bonds is 4. The number of nitrogens with two attached hydrogens (primary N) is 1. The van der Waals surface area contributed by atoms with Gasteiger partial charge in [0.05, 0.1) is 6.54 Å². The second-order valence-corrected chi connectivity index (χ2v) is 4.70. The van der Waals surface area contributed by atoms with E-state index in [0.29, 0.717) is 0 Å². The maximum Gasteiger partial charge on any atom is 0.236 e. The molecule has 4 nitrogen and oxygen atoms in total. The Morgan fingerprint density at radius 2 is 1.84 bits per heavy atom. The van der Waals surface area contributed by atoms with Crippen molar-refractivity contribution in [2.24, 2.45) is 5.73 Å². The Labute approximate surface area is 114 Å². The second-order valence-electron chi connectivity index (χ2n) is 4.70. The van der Waals surface area contributed by atoms with Crippen LogP contribution < -0.4 is 5.73 Å². The number of nitrogens with zero attached hydrogens (tertiary/aromatic N) is 2. The summed E-state index contributed by atoms with van der Waals surface area (Å²) in [6.07, 6.45) is 4.31. The van der Waals surface area contributed by atoms with Crippen LogP contribution in [0.2, 0.25) is 0 Å². The molecule has 0 saturated carbocycles. The van der Waals surface area contributed by atoms with Crippen LogP contribution in [0.25, 0.3) is 6.08 Å². The van der Waals surface area contributed by atoms with E-state index >= 15 is 0 Å². The maximum absolute atomic E-state index is 11.4. The molecule has 1 saturated heterocycles. The van der Waals surface area contributed by atoms with Crippen LogP contribution in [0.15, 0.2) is 36.4 Å². The van der Waals surface area contributed by atoms with Crippen LogP contribution in [0.3, 0.4) is 0 Å². The fourth-order valence-corrected chi connectivity index (χ4v) is 2.21. The lowest BCUT2D eigenvalue weighted by atomic mass is 10.2. The van der Waals surface area contributed by atoms with Crippen molar-refractivity contribution in [3.05, 3.63) is 42.0 Å². The predicted molar refractivity (Wildman–Crippen MR) is 77.6 cm³/mol. The summed E-state index contributed by atoms with van der Waals surface area (Å²) < 4.78 is 0. The van der Waals surface area contributed by atoms with E-state index in [4.69, 9.17) is 5.73 Å². The van der Waals surface area contributed by atoms with Gasteiger partial charge in [-0.2, -0.15) is 0 Å². The third kappa shape index (κ3) is 4.19.